The van der Waals surface area contributed by atoms with E-state index in [2.05, 4.69) is 0 Å². The van der Waals surface area contributed by atoms with E-state index < -0.39 is 15.9 Å². The van der Waals surface area contributed by atoms with E-state index in [0.29, 0.717) is 42.0 Å². The van der Waals surface area contributed by atoms with Gasteiger partial charge >= 0.3 is 0 Å². The van der Waals surface area contributed by atoms with Crippen LogP contribution >= 0.6 is 34.3 Å². The van der Waals surface area contributed by atoms with Crippen LogP contribution in [0, 0.1) is 12.8 Å². The predicted molar refractivity (Wildman–Crippen MR) is 136 cm³/mol. The topological polar surface area (TPSA) is 79.8 Å². The Kier molecular flexibility index (Phi) is 6.98. The van der Waals surface area contributed by atoms with Gasteiger partial charge in [0.1, 0.15) is 4.21 Å². The van der Waals surface area contributed by atoms with Crippen LogP contribution in [-0.2, 0) is 19.6 Å². The highest BCUT2D eigenvalue weighted by molar-refractivity contribution is 7.91. The summed E-state index contributed by atoms with van der Waals surface area (Å²) in [6.07, 6.45) is 3.11. The molecule has 1 aromatic carbocycles. The highest BCUT2D eigenvalue weighted by atomic mass is 35.5. The summed E-state index contributed by atoms with van der Waals surface area (Å²) in [5.41, 5.74) is 1.96. The SMILES string of the molecule is Cc1cccc2sc(N(CC3CCCO3)C(=O)C3CCCN(S(=O)(=O)c4ccc(Cl)s4)C3)nc12. The summed E-state index contributed by atoms with van der Waals surface area (Å²) < 4.78 is 35.3. The quantitative estimate of drug-likeness (QED) is 0.443. The smallest absolute Gasteiger partial charge is 0.252 e. The number of rotatable bonds is 6. The Morgan fingerprint density at radius 1 is 1.24 bits per heavy atom. The van der Waals surface area contributed by atoms with Gasteiger partial charge in [-0.15, -0.1) is 11.3 Å². The minimum Gasteiger partial charge on any atom is -0.376 e. The first kappa shape index (κ1) is 24.1. The highest BCUT2D eigenvalue weighted by Crippen LogP contribution is 2.35. The molecule has 3 aromatic rings. The summed E-state index contributed by atoms with van der Waals surface area (Å²) in [5.74, 6) is -0.523. The van der Waals surface area contributed by atoms with E-state index in [1.54, 1.807) is 11.0 Å². The Morgan fingerprint density at radius 3 is 2.79 bits per heavy atom. The van der Waals surface area contributed by atoms with Crippen molar-refractivity contribution in [2.75, 3.05) is 31.1 Å². The molecular weight excluding hydrogens is 514 g/mol. The second-order valence-corrected chi connectivity index (χ2v) is 13.7. The van der Waals surface area contributed by atoms with Crippen LogP contribution in [0.3, 0.4) is 0 Å². The molecule has 0 radical (unpaired) electrons. The number of fused-ring (bicyclic) bond motifs is 1. The Morgan fingerprint density at radius 2 is 2.09 bits per heavy atom. The number of aryl methyl sites for hydroxylation is 1. The van der Waals surface area contributed by atoms with Gasteiger partial charge in [0.15, 0.2) is 5.13 Å². The summed E-state index contributed by atoms with van der Waals surface area (Å²) in [6.45, 7) is 3.70. The lowest BCUT2D eigenvalue weighted by atomic mass is 9.98. The molecule has 34 heavy (non-hydrogen) atoms. The van der Waals surface area contributed by atoms with Gasteiger partial charge in [0.25, 0.3) is 10.0 Å². The van der Waals surface area contributed by atoms with E-state index in [9.17, 15) is 13.2 Å². The first-order valence-corrected chi connectivity index (χ1v) is 14.8. The number of ether oxygens (including phenoxy) is 1. The summed E-state index contributed by atoms with van der Waals surface area (Å²) in [4.78, 5) is 20.4. The van der Waals surface area contributed by atoms with Crippen molar-refractivity contribution in [3.05, 3.63) is 40.2 Å². The van der Waals surface area contributed by atoms with Crippen LogP contribution in [0.25, 0.3) is 10.2 Å². The maximum Gasteiger partial charge on any atom is 0.252 e. The average molecular weight is 540 g/mol. The molecule has 0 N–H and O–H groups in total. The van der Waals surface area contributed by atoms with Crippen LogP contribution in [0.15, 0.2) is 34.5 Å². The van der Waals surface area contributed by atoms with Crippen molar-refractivity contribution in [2.24, 2.45) is 5.92 Å². The Labute approximate surface area is 212 Å². The molecule has 0 bridgehead atoms. The molecule has 2 aliphatic rings. The molecule has 2 saturated heterocycles. The zero-order valence-electron chi connectivity index (χ0n) is 18.8. The van der Waals surface area contributed by atoms with Gasteiger partial charge in [0.05, 0.1) is 33.1 Å². The average Bonchev–Trinajstić information content (AvgIpc) is 3.58. The van der Waals surface area contributed by atoms with E-state index in [1.807, 2.05) is 25.1 Å². The molecule has 2 unspecified atom stereocenters. The number of benzene rings is 1. The lowest BCUT2D eigenvalue weighted by Gasteiger charge is -2.34. The number of nitrogens with zero attached hydrogens (tertiary/aromatic N) is 3. The monoisotopic (exact) mass is 539 g/mol. The predicted octanol–water partition coefficient (Wildman–Crippen LogP) is 4.93. The number of carbonyl (C=O) groups is 1. The van der Waals surface area contributed by atoms with Crippen molar-refractivity contribution < 1.29 is 17.9 Å². The van der Waals surface area contributed by atoms with Crippen molar-refractivity contribution in [1.29, 1.82) is 0 Å². The first-order chi connectivity index (χ1) is 16.3. The summed E-state index contributed by atoms with van der Waals surface area (Å²) in [7, 11) is -3.69. The summed E-state index contributed by atoms with van der Waals surface area (Å²) in [5, 5.41) is 0.648. The second kappa shape index (κ2) is 9.83. The summed E-state index contributed by atoms with van der Waals surface area (Å²) in [6, 6.07) is 9.13. The summed E-state index contributed by atoms with van der Waals surface area (Å²) >= 11 is 8.51. The Balaban J connectivity index is 1.42. The maximum atomic E-state index is 13.9. The van der Waals surface area contributed by atoms with Gasteiger partial charge in [0.2, 0.25) is 5.91 Å². The molecule has 7 nitrogen and oxygen atoms in total. The van der Waals surface area contributed by atoms with Crippen molar-refractivity contribution >= 4 is 65.6 Å². The minimum atomic E-state index is -3.69. The molecule has 1 amide bonds. The fourth-order valence-corrected chi connectivity index (χ4v) is 8.81. The van der Waals surface area contributed by atoms with Crippen molar-refractivity contribution in [3.8, 4) is 0 Å². The number of hydrogen-bond donors (Lipinski definition) is 0. The molecule has 2 fully saturated rings. The number of thiophene rings is 1. The Hall–Kier alpha value is -1.56. The molecule has 5 rings (SSSR count). The second-order valence-electron chi connectivity index (χ2n) is 8.76. The van der Waals surface area contributed by atoms with Crippen LogP contribution in [-0.4, -0.2) is 56.0 Å². The number of halogens is 1. The zero-order chi connectivity index (χ0) is 23.9. The van der Waals surface area contributed by atoms with E-state index in [1.165, 1.54) is 21.7 Å². The first-order valence-electron chi connectivity index (χ1n) is 11.4. The molecule has 11 heteroatoms. The number of carbonyl (C=O) groups excluding carboxylic acids is 1. The van der Waals surface area contributed by atoms with Gasteiger partial charge in [-0.05, 0) is 56.4 Å². The number of anilines is 1. The molecular formula is C23H26ClN3O4S3. The van der Waals surface area contributed by atoms with E-state index in [4.69, 9.17) is 21.3 Å². The molecule has 182 valence electrons. The minimum absolute atomic E-state index is 0.0336. The lowest BCUT2D eigenvalue weighted by molar-refractivity contribution is -0.123. The van der Waals surface area contributed by atoms with Gasteiger partial charge in [-0.2, -0.15) is 4.31 Å². The van der Waals surface area contributed by atoms with E-state index >= 15 is 0 Å². The van der Waals surface area contributed by atoms with Crippen LogP contribution in [0.2, 0.25) is 4.34 Å². The Bertz CT molecular complexity index is 1300. The van der Waals surface area contributed by atoms with Crippen LogP contribution in [0.1, 0.15) is 31.2 Å². The van der Waals surface area contributed by atoms with Crippen molar-refractivity contribution in [2.45, 2.75) is 42.9 Å². The fourth-order valence-electron chi connectivity index (χ4n) is 4.59. The molecule has 2 aromatic heterocycles. The molecule has 0 spiro atoms. The normalized spacial score (nSPS) is 21.8. The molecule has 2 aliphatic heterocycles. The number of thiazole rings is 1. The standard InChI is InChI=1S/C23H26ClN3O4S3/c1-15-5-2-8-18-21(15)25-23(32-18)27(14-17-7-4-12-31-17)22(28)16-6-3-11-26(13-16)34(29,30)20-10-9-19(24)33-20/h2,5,8-10,16-17H,3-4,6-7,11-14H2,1H3. The van der Waals surface area contributed by atoms with Gasteiger partial charge in [-0.1, -0.05) is 35.1 Å². The van der Waals surface area contributed by atoms with Gasteiger partial charge in [-0.25, -0.2) is 13.4 Å². The van der Waals surface area contributed by atoms with Crippen LogP contribution < -0.4 is 4.90 Å². The van der Waals surface area contributed by atoms with E-state index in [-0.39, 0.29) is 22.8 Å². The molecule has 0 saturated carbocycles. The molecule has 0 aliphatic carbocycles. The van der Waals surface area contributed by atoms with E-state index in [0.717, 1.165) is 40.0 Å². The fraction of sp³-hybridized carbons (Fsp3) is 0.478. The third-order valence-corrected chi connectivity index (χ3v) is 11.0. The lowest BCUT2D eigenvalue weighted by Crippen LogP contribution is -2.48. The maximum absolute atomic E-state index is 13.9. The van der Waals surface area contributed by atoms with Gasteiger partial charge in [-0.3, -0.25) is 9.69 Å². The largest absolute Gasteiger partial charge is 0.376 e. The number of piperidine rings is 1. The third-order valence-electron chi connectivity index (χ3n) is 6.39. The molecule has 4 heterocycles. The number of amides is 1. The van der Waals surface area contributed by atoms with Crippen molar-refractivity contribution in [3.63, 3.8) is 0 Å². The van der Waals surface area contributed by atoms with Crippen molar-refractivity contribution in [1.82, 2.24) is 9.29 Å². The number of aromatic nitrogens is 1. The van der Waals surface area contributed by atoms with Crippen LogP contribution in [0.4, 0.5) is 5.13 Å². The van der Waals surface area contributed by atoms with Crippen LogP contribution in [0.5, 0.6) is 0 Å². The number of sulfonamides is 1. The number of para-hydroxylation sites is 1. The molecule has 2 atom stereocenters. The number of hydrogen-bond acceptors (Lipinski definition) is 7. The third kappa shape index (κ3) is 4.76. The van der Waals surface area contributed by atoms with Gasteiger partial charge in [0, 0.05) is 19.7 Å². The van der Waals surface area contributed by atoms with Gasteiger partial charge < -0.3 is 4.74 Å². The highest BCUT2D eigenvalue weighted by Gasteiger charge is 2.37. The zero-order valence-corrected chi connectivity index (χ0v) is 22.0.